The van der Waals surface area contributed by atoms with E-state index in [0.29, 0.717) is 6.04 Å². The molecule has 1 aliphatic carbocycles. The lowest BCUT2D eigenvalue weighted by Gasteiger charge is -2.56. The third-order valence-corrected chi connectivity index (χ3v) is 4.65. The van der Waals surface area contributed by atoms with E-state index in [1.54, 1.807) is 0 Å². The Balaban J connectivity index is 2.10. The topological polar surface area (TPSA) is 29.3 Å². The van der Waals surface area contributed by atoms with Crippen molar-refractivity contribution < 1.29 is 0 Å². The van der Waals surface area contributed by atoms with Crippen LogP contribution in [-0.4, -0.2) is 28.6 Å². The van der Waals surface area contributed by atoms with E-state index in [-0.39, 0.29) is 11.1 Å². The highest BCUT2D eigenvalue weighted by Gasteiger charge is 2.45. The molecule has 0 aromatic carbocycles. The smallest absolute Gasteiger partial charge is 0.0173 e. The van der Waals surface area contributed by atoms with Crippen molar-refractivity contribution in [2.45, 2.75) is 76.9 Å². The van der Waals surface area contributed by atoms with E-state index in [9.17, 15) is 0 Å². The zero-order valence-electron chi connectivity index (χ0n) is 11.4. The minimum absolute atomic E-state index is 0.275. The van der Waals surface area contributed by atoms with Crippen LogP contribution in [0.3, 0.4) is 0 Å². The third kappa shape index (κ3) is 2.28. The van der Waals surface area contributed by atoms with Gasteiger partial charge in [0.1, 0.15) is 0 Å². The first-order valence-corrected chi connectivity index (χ1v) is 6.85. The molecule has 2 rings (SSSR count). The van der Waals surface area contributed by atoms with E-state index in [1.807, 2.05) is 0 Å². The van der Waals surface area contributed by atoms with Crippen molar-refractivity contribution in [1.82, 2.24) is 4.90 Å². The molecule has 0 aromatic rings. The first-order valence-electron chi connectivity index (χ1n) is 6.85. The Hall–Kier alpha value is -0.0800. The Labute approximate surface area is 101 Å². The summed E-state index contributed by atoms with van der Waals surface area (Å²) in [6, 6.07) is 0.377. The Morgan fingerprint density at radius 1 is 1.06 bits per heavy atom. The van der Waals surface area contributed by atoms with Gasteiger partial charge in [-0.05, 0) is 59.3 Å². The number of hydrogen-bond acceptors (Lipinski definition) is 2. The second-order valence-electron chi connectivity index (χ2n) is 7.20. The minimum Gasteiger partial charge on any atom is -0.328 e. The zero-order valence-corrected chi connectivity index (χ0v) is 11.4. The van der Waals surface area contributed by atoms with Crippen molar-refractivity contribution in [1.29, 1.82) is 0 Å². The van der Waals surface area contributed by atoms with Crippen molar-refractivity contribution in [2.75, 3.05) is 6.54 Å². The summed E-state index contributed by atoms with van der Waals surface area (Å²) in [6.07, 6.45) is 6.61. The van der Waals surface area contributed by atoms with Crippen LogP contribution in [0, 0.1) is 5.92 Å². The molecule has 16 heavy (non-hydrogen) atoms. The SMILES string of the molecule is CC1(C)CC(N)CC(C)(C)N1CC1CCC1. The first-order chi connectivity index (χ1) is 7.31. The van der Waals surface area contributed by atoms with Crippen LogP contribution >= 0.6 is 0 Å². The summed E-state index contributed by atoms with van der Waals surface area (Å²) in [4.78, 5) is 2.73. The lowest BCUT2D eigenvalue weighted by molar-refractivity contribution is -0.0526. The molecule has 0 spiro atoms. The Morgan fingerprint density at radius 3 is 1.94 bits per heavy atom. The average molecular weight is 224 g/mol. The predicted molar refractivity (Wildman–Crippen MR) is 69.4 cm³/mol. The molecular weight excluding hydrogens is 196 g/mol. The van der Waals surface area contributed by atoms with E-state index < -0.39 is 0 Å². The normalized spacial score (nSPS) is 31.3. The molecule has 2 fully saturated rings. The highest BCUT2D eigenvalue weighted by atomic mass is 15.3. The number of hydrogen-bond donors (Lipinski definition) is 1. The van der Waals surface area contributed by atoms with Crippen LogP contribution in [-0.2, 0) is 0 Å². The monoisotopic (exact) mass is 224 g/mol. The van der Waals surface area contributed by atoms with Crippen LogP contribution in [0.4, 0.5) is 0 Å². The van der Waals surface area contributed by atoms with E-state index in [2.05, 4.69) is 32.6 Å². The van der Waals surface area contributed by atoms with Gasteiger partial charge in [0.2, 0.25) is 0 Å². The number of piperidine rings is 1. The molecule has 2 heteroatoms. The Kier molecular flexibility index (Phi) is 3.09. The molecule has 0 radical (unpaired) electrons. The largest absolute Gasteiger partial charge is 0.328 e. The quantitative estimate of drug-likeness (QED) is 0.781. The van der Waals surface area contributed by atoms with Gasteiger partial charge in [0, 0.05) is 23.7 Å². The van der Waals surface area contributed by atoms with Gasteiger partial charge in [0.05, 0.1) is 0 Å². The van der Waals surface area contributed by atoms with Crippen LogP contribution in [0.15, 0.2) is 0 Å². The van der Waals surface area contributed by atoms with Gasteiger partial charge in [-0.25, -0.2) is 0 Å². The second kappa shape index (κ2) is 3.99. The second-order valence-corrected chi connectivity index (χ2v) is 7.20. The van der Waals surface area contributed by atoms with Gasteiger partial charge in [-0.3, -0.25) is 4.90 Å². The molecule has 0 amide bonds. The lowest BCUT2D eigenvalue weighted by Crippen LogP contribution is -2.64. The lowest BCUT2D eigenvalue weighted by atomic mass is 9.75. The van der Waals surface area contributed by atoms with Crippen LogP contribution in [0.1, 0.15) is 59.8 Å². The summed E-state index contributed by atoms with van der Waals surface area (Å²) in [7, 11) is 0. The molecule has 0 bridgehead atoms. The average Bonchev–Trinajstić information content (AvgIpc) is 1.94. The van der Waals surface area contributed by atoms with Crippen molar-refractivity contribution in [3.05, 3.63) is 0 Å². The summed E-state index contributed by atoms with van der Waals surface area (Å²) >= 11 is 0. The molecule has 2 N–H and O–H groups in total. The number of likely N-dealkylation sites (tertiary alicyclic amines) is 1. The fourth-order valence-electron chi connectivity index (χ4n) is 3.82. The number of nitrogens with two attached hydrogens (primary N) is 1. The highest BCUT2D eigenvalue weighted by molar-refractivity contribution is 5.02. The van der Waals surface area contributed by atoms with Gasteiger partial charge < -0.3 is 5.73 Å². The first kappa shape index (κ1) is 12.4. The minimum atomic E-state index is 0.275. The Morgan fingerprint density at radius 2 is 1.56 bits per heavy atom. The molecule has 1 saturated heterocycles. The molecular formula is C14H28N2. The molecule has 94 valence electrons. The molecule has 0 atom stereocenters. The molecule has 1 aliphatic heterocycles. The maximum absolute atomic E-state index is 6.20. The highest BCUT2D eigenvalue weighted by Crippen LogP contribution is 2.40. The molecule has 0 aromatic heterocycles. The van der Waals surface area contributed by atoms with E-state index in [4.69, 9.17) is 5.73 Å². The molecule has 1 heterocycles. The van der Waals surface area contributed by atoms with Crippen LogP contribution in [0.5, 0.6) is 0 Å². The van der Waals surface area contributed by atoms with Crippen molar-refractivity contribution in [3.63, 3.8) is 0 Å². The zero-order chi connectivity index (χ0) is 12.0. The van der Waals surface area contributed by atoms with Gasteiger partial charge in [-0.15, -0.1) is 0 Å². The fourth-order valence-corrected chi connectivity index (χ4v) is 3.82. The van der Waals surface area contributed by atoms with Crippen molar-refractivity contribution in [3.8, 4) is 0 Å². The van der Waals surface area contributed by atoms with E-state index in [0.717, 1.165) is 18.8 Å². The van der Waals surface area contributed by atoms with E-state index in [1.165, 1.54) is 25.8 Å². The fraction of sp³-hybridized carbons (Fsp3) is 1.00. The Bertz CT molecular complexity index is 235. The van der Waals surface area contributed by atoms with Gasteiger partial charge in [0.25, 0.3) is 0 Å². The number of nitrogens with zero attached hydrogens (tertiary/aromatic N) is 1. The van der Waals surface area contributed by atoms with Crippen LogP contribution in [0.2, 0.25) is 0 Å². The number of rotatable bonds is 2. The molecule has 2 nitrogen and oxygen atoms in total. The van der Waals surface area contributed by atoms with Gasteiger partial charge in [-0.1, -0.05) is 6.42 Å². The van der Waals surface area contributed by atoms with Crippen LogP contribution < -0.4 is 5.73 Å². The maximum atomic E-state index is 6.20. The third-order valence-electron chi connectivity index (χ3n) is 4.65. The summed E-state index contributed by atoms with van der Waals surface area (Å²) in [5.74, 6) is 0.952. The summed E-state index contributed by atoms with van der Waals surface area (Å²) in [5.41, 5.74) is 6.75. The summed E-state index contributed by atoms with van der Waals surface area (Å²) in [5, 5.41) is 0. The standard InChI is InChI=1S/C14H28N2/c1-13(2)8-12(15)9-14(3,4)16(13)10-11-6-5-7-11/h11-12H,5-10,15H2,1-4H3. The van der Waals surface area contributed by atoms with Gasteiger partial charge in [-0.2, -0.15) is 0 Å². The van der Waals surface area contributed by atoms with Gasteiger partial charge >= 0.3 is 0 Å². The molecule has 2 aliphatic rings. The van der Waals surface area contributed by atoms with Gasteiger partial charge in [0.15, 0.2) is 0 Å². The molecule has 0 unspecified atom stereocenters. The van der Waals surface area contributed by atoms with Crippen molar-refractivity contribution in [2.24, 2.45) is 11.7 Å². The van der Waals surface area contributed by atoms with Crippen LogP contribution in [0.25, 0.3) is 0 Å². The maximum Gasteiger partial charge on any atom is 0.0173 e. The summed E-state index contributed by atoms with van der Waals surface area (Å²) in [6.45, 7) is 10.8. The summed E-state index contributed by atoms with van der Waals surface area (Å²) < 4.78 is 0. The van der Waals surface area contributed by atoms with E-state index >= 15 is 0 Å². The molecule has 1 saturated carbocycles. The predicted octanol–water partition coefficient (Wildman–Crippen LogP) is 2.77. The van der Waals surface area contributed by atoms with Crippen molar-refractivity contribution >= 4 is 0 Å².